The number of methoxy groups -OCH3 is 1. The van der Waals surface area contributed by atoms with E-state index in [1.807, 2.05) is 49.4 Å². The van der Waals surface area contributed by atoms with Crippen molar-refractivity contribution in [1.82, 2.24) is 10.2 Å². The van der Waals surface area contributed by atoms with Gasteiger partial charge in [-0.05, 0) is 31.4 Å². The Morgan fingerprint density at radius 2 is 1.79 bits per heavy atom. The van der Waals surface area contributed by atoms with Crippen LogP contribution >= 0.6 is 0 Å². The number of hydrogen-bond donors (Lipinski definition) is 1. The fourth-order valence-electron chi connectivity index (χ4n) is 3.56. The zero-order valence-electron chi connectivity index (χ0n) is 16.8. The fraction of sp³-hybridized carbons (Fsp3) is 0.435. The maximum atomic E-state index is 12.6. The summed E-state index contributed by atoms with van der Waals surface area (Å²) in [4.78, 5) is 14.8. The third-order valence-corrected chi connectivity index (χ3v) is 5.38. The van der Waals surface area contributed by atoms with Crippen LogP contribution in [0.25, 0.3) is 0 Å². The van der Waals surface area contributed by atoms with Gasteiger partial charge in [-0.2, -0.15) is 0 Å². The van der Waals surface area contributed by atoms with Gasteiger partial charge in [0.25, 0.3) is 0 Å². The van der Waals surface area contributed by atoms with Gasteiger partial charge in [0.15, 0.2) is 0 Å². The van der Waals surface area contributed by atoms with Gasteiger partial charge in [-0.3, -0.25) is 9.69 Å². The van der Waals surface area contributed by atoms with Crippen molar-refractivity contribution < 1.29 is 14.3 Å². The Kier molecular flexibility index (Phi) is 7.46. The summed E-state index contributed by atoms with van der Waals surface area (Å²) in [5.41, 5.74) is 2.19. The predicted molar refractivity (Wildman–Crippen MR) is 110 cm³/mol. The summed E-state index contributed by atoms with van der Waals surface area (Å²) < 4.78 is 11.4. The van der Waals surface area contributed by atoms with Crippen LogP contribution in [-0.2, 0) is 22.7 Å². The van der Waals surface area contributed by atoms with Crippen LogP contribution in [0.2, 0.25) is 0 Å². The zero-order valence-corrected chi connectivity index (χ0v) is 16.8. The Balaban J connectivity index is 1.41. The molecule has 1 unspecified atom stereocenters. The van der Waals surface area contributed by atoms with Crippen molar-refractivity contribution in [2.75, 3.05) is 20.2 Å². The van der Waals surface area contributed by atoms with Crippen LogP contribution in [0.5, 0.6) is 5.75 Å². The summed E-state index contributed by atoms with van der Waals surface area (Å²) in [6, 6.07) is 17.9. The molecule has 5 nitrogen and oxygen atoms in total. The Bertz CT molecular complexity index is 743. The van der Waals surface area contributed by atoms with E-state index in [1.54, 1.807) is 7.11 Å². The largest absolute Gasteiger partial charge is 0.496 e. The molecule has 0 spiro atoms. The SMILES string of the molecule is COc1ccccc1CNC(=O)C(C)N1CCC(OCc2ccccc2)CC1. The molecule has 0 radical (unpaired) electrons. The number of carbonyl (C=O) groups excluding carboxylic acids is 1. The second-order valence-electron chi connectivity index (χ2n) is 7.24. The van der Waals surface area contributed by atoms with Gasteiger partial charge in [-0.25, -0.2) is 0 Å². The Morgan fingerprint density at radius 3 is 2.50 bits per heavy atom. The molecule has 0 aromatic heterocycles. The minimum absolute atomic E-state index is 0.0505. The average molecular weight is 383 g/mol. The number of carbonyl (C=O) groups is 1. The molecule has 1 N–H and O–H groups in total. The first kappa shape index (κ1) is 20.4. The number of benzene rings is 2. The van der Waals surface area contributed by atoms with Gasteiger partial charge in [-0.1, -0.05) is 48.5 Å². The molecule has 1 aliphatic heterocycles. The van der Waals surface area contributed by atoms with E-state index in [-0.39, 0.29) is 18.1 Å². The number of para-hydroxylation sites is 1. The first-order chi connectivity index (χ1) is 13.7. The van der Waals surface area contributed by atoms with Crippen LogP contribution in [0.15, 0.2) is 54.6 Å². The van der Waals surface area contributed by atoms with E-state index in [4.69, 9.17) is 9.47 Å². The van der Waals surface area contributed by atoms with Gasteiger partial charge in [0.2, 0.25) is 5.91 Å². The van der Waals surface area contributed by atoms with Crippen molar-refractivity contribution in [1.29, 1.82) is 0 Å². The van der Waals surface area contributed by atoms with E-state index in [1.165, 1.54) is 5.56 Å². The lowest BCUT2D eigenvalue weighted by atomic mass is 10.1. The van der Waals surface area contributed by atoms with Crippen molar-refractivity contribution in [2.45, 2.75) is 45.1 Å². The van der Waals surface area contributed by atoms with E-state index < -0.39 is 0 Å². The number of amides is 1. The number of nitrogens with zero attached hydrogens (tertiary/aromatic N) is 1. The molecule has 0 aliphatic carbocycles. The molecule has 2 aromatic carbocycles. The molecule has 2 aromatic rings. The number of hydrogen-bond acceptors (Lipinski definition) is 4. The highest BCUT2D eigenvalue weighted by molar-refractivity contribution is 5.81. The van der Waals surface area contributed by atoms with E-state index in [9.17, 15) is 4.79 Å². The molecule has 1 atom stereocenters. The maximum absolute atomic E-state index is 12.6. The lowest BCUT2D eigenvalue weighted by molar-refractivity contribution is -0.127. The summed E-state index contributed by atoms with van der Waals surface area (Å²) in [6.07, 6.45) is 2.17. The first-order valence-corrected chi connectivity index (χ1v) is 9.96. The van der Waals surface area contributed by atoms with E-state index in [2.05, 4.69) is 22.3 Å². The lowest BCUT2D eigenvalue weighted by Crippen LogP contribution is -2.49. The van der Waals surface area contributed by atoms with Crippen LogP contribution in [0, 0.1) is 0 Å². The van der Waals surface area contributed by atoms with Gasteiger partial charge in [-0.15, -0.1) is 0 Å². The minimum atomic E-state index is -0.148. The number of piperidine rings is 1. The van der Waals surface area contributed by atoms with Gasteiger partial charge < -0.3 is 14.8 Å². The molecule has 3 rings (SSSR count). The molecule has 28 heavy (non-hydrogen) atoms. The summed E-state index contributed by atoms with van der Waals surface area (Å²) in [5, 5.41) is 3.04. The van der Waals surface area contributed by atoms with Crippen LogP contribution in [0.4, 0.5) is 0 Å². The highest BCUT2D eigenvalue weighted by Crippen LogP contribution is 2.19. The molecule has 1 fully saturated rings. The molecule has 1 saturated heterocycles. The van der Waals surface area contributed by atoms with Crippen LogP contribution < -0.4 is 10.1 Å². The molecule has 5 heteroatoms. The van der Waals surface area contributed by atoms with E-state index in [0.29, 0.717) is 13.2 Å². The molecule has 150 valence electrons. The van der Waals surface area contributed by atoms with E-state index in [0.717, 1.165) is 37.2 Å². The van der Waals surface area contributed by atoms with Gasteiger partial charge in [0, 0.05) is 25.2 Å². The number of rotatable bonds is 8. The number of ether oxygens (including phenoxy) is 2. The third-order valence-electron chi connectivity index (χ3n) is 5.38. The Labute approximate surface area is 167 Å². The summed E-state index contributed by atoms with van der Waals surface area (Å²) in [5.74, 6) is 0.849. The van der Waals surface area contributed by atoms with Gasteiger partial charge in [0.1, 0.15) is 5.75 Å². The molecule has 0 saturated carbocycles. The molecule has 1 amide bonds. The highest BCUT2D eigenvalue weighted by atomic mass is 16.5. The highest BCUT2D eigenvalue weighted by Gasteiger charge is 2.27. The molecular formula is C23H30N2O3. The average Bonchev–Trinajstić information content (AvgIpc) is 2.76. The fourth-order valence-corrected chi connectivity index (χ4v) is 3.56. The van der Waals surface area contributed by atoms with Crippen molar-refractivity contribution in [3.8, 4) is 5.75 Å². The topological polar surface area (TPSA) is 50.8 Å². The van der Waals surface area contributed by atoms with Crippen molar-refractivity contribution in [3.63, 3.8) is 0 Å². The Hall–Kier alpha value is -2.37. The summed E-state index contributed by atoms with van der Waals surface area (Å²) in [6.45, 7) is 4.86. The standard InChI is InChI=1S/C23H30N2O3/c1-18(23(26)24-16-20-10-6-7-11-22(20)27-2)25-14-12-21(13-15-25)28-17-19-8-4-3-5-9-19/h3-11,18,21H,12-17H2,1-2H3,(H,24,26). The van der Waals surface area contributed by atoms with Crippen molar-refractivity contribution in [3.05, 3.63) is 65.7 Å². The minimum Gasteiger partial charge on any atom is -0.496 e. The maximum Gasteiger partial charge on any atom is 0.237 e. The molecule has 1 aliphatic rings. The lowest BCUT2D eigenvalue weighted by Gasteiger charge is -2.35. The van der Waals surface area contributed by atoms with E-state index >= 15 is 0 Å². The second-order valence-corrected chi connectivity index (χ2v) is 7.24. The second kappa shape index (κ2) is 10.2. The summed E-state index contributed by atoms with van der Waals surface area (Å²) >= 11 is 0. The van der Waals surface area contributed by atoms with Gasteiger partial charge >= 0.3 is 0 Å². The van der Waals surface area contributed by atoms with Crippen LogP contribution in [0.3, 0.4) is 0 Å². The number of nitrogens with one attached hydrogen (secondary N) is 1. The molecule has 0 bridgehead atoms. The normalized spacial score (nSPS) is 16.5. The van der Waals surface area contributed by atoms with Crippen molar-refractivity contribution in [2.24, 2.45) is 0 Å². The predicted octanol–water partition coefficient (Wildman–Crippen LogP) is 3.38. The zero-order chi connectivity index (χ0) is 19.8. The smallest absolute Gasteiger partial charge is 0.237 e. The third kappa shape index (κ3) is 5.57. The van der Waals surface area contributed by atoms with Crippen molar-refractivity contribution >= 4 is 5.91 Å². The van der Waals surface area contributed by atoms with Crippen LogP contribution in [-0.4, -0.2) is 43.2 Å². The molecule has 1 heterocycles. The van der Waals surface area contributed by atoms with Gasteiger partial charge in [0.05, 0.1) is 25.9 Å². The monoisotopic (exact) mass is 382 g/mol. The first-order valence-electron chi connectivity index (χ1n) is 9.96. The van der Waals surface area contributed by atoms with Crippen LogP contribution in [0.1, 0.15) is 30.9 Å². The molecular weight excluding hydrogens is 352 g/mol. The quantitative estimate of drug-likeness (QED) is 0.760. The summed E-state index contributed by atoms with van der Waals surface area (Å²) in [7, 11) is 1.65. The number of likely N-dealkylation sites (tertiary alicyclic amines) is 1. The Morgan fingerprint density at radius 1 is 1.11 bits per heavy atom.